The number of carbonyl (C=O) groups is 1. The van der Waals surface area contributed by atoms with Gasteiger partial charge in [0.1, 0.15) is 12.0 Å². The predicted octanol–water partition coefficient (Wildman–Crippen LogP) is 3.90. The monoisotopic (exact) mass is 469 g/mol. The molecule has 10 heteroatoms. The molecule has 3 N–H and O–H groups in total. The lowest BCUT2D eigenvalue weighted by Crippen LogP contribution is -2.22. The Morgan fingerprint density at radius 2 is 1.66 bits per heavy atom. The van der Waals surface area contributed by atoms with E-state index in [0.29, 0.717) is 37.0 Å². The van der Waals surface area contributed by atoms with Gasteiger partial charge in [0.2, 0.25) is 5.95 Å². The molecule has 0 aliphatic rings. The molecule has 0 atom stereocenters. The zero-order valence-corrected chi connectivity index (χ0v) is 18.7. The first kappa shape index (κ1) is 23.3. The Morgan fingerprint density at radius 1 is 0.886 bits per heavy atom. The molecule has 2 aromatic heterocycles. The molecule has 2 aromatic carbocycles. The van der Waals surface area contributed by atoms with Gasteiger partial charge in [-0.1, -0.05) is 42.5 Å². The quantitative estimate of drug-likeness (QED) is 0.181. The molecular formula is C25H23N7O3. The van der Waals surface area contributed by atoms with Gasteiger partial charge in [0, 0.05) is 43.0 Å². The van der Waals surface area contributed by atoms with E-state index in [1.807, 2.05) is 42.5 Å². The van der Waals surface area contributed by atoms with Gasteiger partial charge in [-0.15, -0.1) is 0 Å². The number of hydrogen-bond donors (Lipinski definition) is 3. The number of rotatable bonds is 10. The highest BCUT2D eigenvalue weighted by atomic mass is 16.6. The van der Waals surface area contributed by atoms with Crippen LogP contribution in [0.2, 0.25) is 0 Å². The number of pyridine rings is 1. The standard InChI is InChI=1S/C25H23N7O3/c33-24(30-16-18-4-2-1-3-5-18)20-8-6-19(7-9-20)22-12-13-27-25(31-22)28-15-14-26-23-11-10-21(17-29-23)32(34)35/h1-13,17H,14-16H2,(H,26,29)(H,30,33)(H,27,28,31). The molecule has 4 rings (SSSR count). The third kappa shape index (κ3) is 6.57. The molecular weight excluding hydrogens is 446 g/mol. The van der Waals surface area contributed by atoms with Crippen LogP contribution in [0.15, 0.2) is 85.2 Å². The SMILES string of the molecule is O=C(NCc1ccccc1)c1ccc(-c2ccnc(NCCNc3ccc([N+](=O)[O-])cn3)n2)cc1. The summed E-state index contributed by atoms with van der Waals surface area (Å²) >= 11 is 0. The van der Waals surface area contributed by atoms with Crippen LogP contribution in [0.3, 0.4) is 0 Å². The molecule has 1 amide bonds. The molecule has 0 saturated carbocycles. The van der Waals surface area contributed by atoms with Gasteiger partial charge in [-0.3, -0.25) is 14.9 Å². The van der Waals surface area contributed by atoms with Gasteiger partial charge in [0.05, 0.1) is 10.6 Å². The second kappa shape index (κ2) is 11.3. The number of aromatic nitrogens is 3. The zero-order valence-electron chi connectivity index (χ0n) is 18.7. The van der Waals surface area contributed by atoms with E-state index < -0.39 is 4.92 Å². The first-order valence-electron chi connectivity index (χ1n) is 10.9. The molecule has 4 aromatic rings. The Labute approximate surface area is 201 Å². The summed E-state index contributed by atoms with van der Waals surface area (Å²) in [5.41, 5.74) is 3.15. The van der Waals surface area contributed by atoms with Crippen molar-refractivity contribution < 1.29 is 9.72 Å². The lowest BCUT2D eigenvalue weighted by atomic mass is 10.1. The highest BCUT2D eigenvalue weighted by Gasteiger charge is 2.08. The summed E-state index contributed by atoms with van der Waals surface area (Å²) in [6.07, 6.45) is 2.87. The zero-order chi connectivity index (χ0) is 24.5. The number of nitrogens with zero attached hydrogens (tertiary/aromatic N) is 4. The number of benzene rings is 2. The van der Waals surface area contributed by atoms with E-state index in [0.717, 1.165) is 16.8 Å². The topological polar surface area (TPSA) is 135 Å². The number of hydrogen-bond acceptors (Lipinski definition) is 8. The molecule has 0 aliphatic carbocycles. The minimum atomic E-state index is -0.489. The molecule has 0 fully saturated rings. The summed E-state index contributed by atoms with van der Waals surface area (Å²) in [7, 11) is 0. The molecule has 0 aliphatic heterocycles. The van der Waals surface area contributed by atoms with Crippen LogP contribution in [-0.4, -0.2) is 38.9 Å². The van der Waals surface area contributed by atoms with Crippen LogP contribution < -0.4 is 16.0 Å². The maximum Gasteiger partial charge on any atom is 0.287 e. The lowest BCUT2D eigenvalue weighted by Gasteiger charge is -2.09. The van der Waals surface area contributed by atoms with Gasteiger partial charge in [-0.25, -0.2) is 15.0 Å². The smallest absolute Gasteiger partial charge is 0.287 e. The van der Waals surface area contributed by atoms with Gasteiger partial charge in [-0.05, 0) is 29.8 Å². The summed E-state index contributed by atoms with van der Waals surface area (Å²) in [6, 6.07) is 21.7. The Morgan fingerprint density at radius 3 is 2.37 bits per heavy atom. The van der Waals surface area contributed by atoms with Crippen molar-refractivity contribution in [1.82, 2.24) is 20.3 Å². The largest absolute Gasteiger partial charge is 0.368 e. The van der Waals surface area contributed by atoms with E-state index in [-0.39, 0.29) is 11.6 Å². The molecule has 0 unspecified atom stereocenters. The van der Waals surface area contributed by atoms with Crippen molar-refractivity contribution in [2.24, 2.45) is 0 Å². The molecule has 0 bridgehead atoms. The van der Waals surface area contributed by atoms with E-state index in [4.69, 9.17) is 0 Å². The first-order chi connectivity index (χ1) is 17.1. The van der Waals surface area contributed by atoms with Gasteiger partial charge in [0.15, 0.2) is 0 Å². The van der Waals surface area contributed by atoms with Crippen molar-refractivity contribution in [3.05, 3.63) is 106 Å². The van der Waals surface area contributed by atoms with Crippen molar-refractivity contribution in [1.29, 1.82) is 0 Å². The summed E-state index contributed by atoms with van der Waals surface area (Å²) < 4.78 is 0. The number of anilines is 2. The third-order valence-corrected chi connectivity index (χ3v) is 5.07. The summed E-state index contributed by atoms with van der Waals surface area (Å²) in [6.45, 7) is 1.51. The summed E-state index contributed by atoms with van der Waals surface area (Å²) in [5, 5.41) is 19.8. The van der Waals surface area contributed by atoms with Gasteiger partial charge in [-0.2, -0.15) is 0 Å². The number of amides is 1. The van der Waals surface area contributed by atoms with Crippen molar-refractivity contribution >= 4 is 23.4 Å². The Kier molecular flexibility index (Phi) is 7.54. The molecule has 0 spiro atoms. The van der Waals surface area contributed by atoms with Crippen molar-refractivity contribution in [2.45, 2.75) is 6.54 Å². The van der Waals surface area contributed by atoms with Crippen LogP contribution >= 0.6 is 0 Å². The minimum absolute atomic E-state index is 0.0558. The second-order valence-corrected chi connectivity index (χ2v) is 7.52. The van der Waals surface area contributed by atoms with E-state index in [1.54, 1.807) is 30.5 Å². The van der Waals surface area contributed by atoms with Gasteiger partial charge in [0.25, 0.3) is 11.6 Å². The molecule has 2 heterocycles. The average Bonchev–Trinajstić information content (AvgIpc) is 2.91. The van der Waals surface area contributed by atoms with E-state index in [2.05, 4.69) is 30.9 Å². The van der Waals surface area contributed by atoms with Crippen LogP contribution in [0.25, 0.3) is 11.3 Å². The van der Waals surface area contributed by atoms with Crippen LogP contribution in [0.5, 0.6) is 0 Å². The van der Waals surface area contributed by atoms with Crippen LogP contribution in [0.4, 0.5) is 17.5 Å². The number of nitro groups is 1. The first-order valence-corrected chi connectivity index (χ1v) is 10.9. The van der Waals surface area contributed by atoms with Crippen molar-refractivity contribution in [3.8, 4) is 11.3 Å². The molecule has 0 radical (unpaired) electrons. The molecule has 176 valence electrons. The fraction of sp³-hybridized carbons (Fsp3) is 0.120. The van der Waals surface area contributed by atoms with Crippen LogP contribution in [-0.2, 0) is 6.54 Å². The molecule has 10 nitrogen and oxygen atoms in total. The maximum atomic E-state index is 12.4. The average molecular weight is 470 g/mol. The van der Waals surface area contributed by atoms with Gasteiger partial charge >= 0.3 is 0 Å². The molecule has 35 heavy (non-hydrogen) atoms. The highest BCUT2D eigenvalue weighted by molar-refractivity contribution is 5.94. The third-order valence-electron chi connectivity index (χ3n) is 5.07. The Hall–Kier alpha value is -4.86. The van der Waals surface area contributed by atoms with E-state index in [1.165, 1.54) is 12.3 Å². The van der Waals surface area contributed by atoms with E-state index in [9.17, 15) is 14.9 Å². The second-order valence-electron chi connectivity index (χ2n) is 7.52. The fourth-order valence-corrected chi connectivity index (χ4v) is 3.24. The maximum absolute atomic E-state index is 12.4. The Bertz CT molecular complexity index is 1280. The summed E-state index contributed by atoms with van der Waals surface area (Å²) in [5.74, 6) is 0.867. The van der Waals surface area contributed by atoms with Crippen molar-refractivity contribution in [3.63, 3.8) is 0 Å². The Balaban J connectivity index is 1.28. The van der Waals surface area contributed by atoms with Crippen molar-refractivity contribution in [2.75, 3.05) is 23.7 Å². The van der Waals surface area contributed by atoms with Crippen LogP contribution in [0, 0.1) is 10.1 Å². The summed E-state index contributed by atoms with van der Waals surface area (Å²) in [4.78, 5) is 35.4. The van der Waals surface area contributed by atoms with Crippen LogP contribution in [0.1, 0.15) is 15.9 Å². The highest BCUT2D eigenvalue weighted by Crippen LogP contribution is 2.18. The van der Waals surface area contributed by atoms with Gasteiger partial charge < -0.3 is 16.0 Å². The predicted molar refractivity (Wildman–Crippen MR) is 133 cm³/mol. The molecule has 0 saturated heterocycles. The lowest BCUT2D eigenvalue weighted by molar-refractivity contribution is -0.385. The number of nitrogens with one attached hydrogen (secondary N) is 3. The van der Waals surface area contributed by atoms with E-state index >= 15 is 0 Å². The number of carbonyl (C=O) groups excluding carboxylic acids is 1. The minimum Gasteiger partial charge on any atom is -0.368 e. The fourth-order valence-electron chi connectivity index (χ4n) is 3.24. The normalized spacial score (nSPS) is 10.4.